The average Bonchev–Trinajstić information content (AvgIpc) is 3.26. The van der Waals surface area contributed by atoms with E-state index in [2.05, 4.69) is 63.3 Å². The highest BCUT2D eigenvalue weighted by Gasteiger charge is 2.19. The first-order valence-electron chi connectivity index (χ1n) is 26.2. The van der Waals surface area contributed by atoms with Gasteiger partial charge in [0.05, 0.1) is 0 Å². The Balaban J connectivity index is 4.43. The van der Waals surface area contributed by atoms with Crippen LogP contribution in [0.2, 0.25) is 0 Å². The molecule has 0 aromatic carbocycles. The van der Waals surface area contributed by atoms with Crippen molar-refractivity contribution in [3.05, 3.63) is 48.6 Å². The first-order valence-corrected chi connectivity index (χ1v) is 26.2. The molecule has 61 heavy (non-hydrogen) atoms. The summed E-state index contributed by atoms with van der Waals surface area (Å²) in [6.07, 6.45) is 59.6. The van der Waals surface area contributed by atoms with Gasteiger partial charge in [-0.15, -0.1) is 0 Å². The van der Waals surface area contributed by atoms with E-state index >= 15 is 0 Å². The van der Waals surface area contributed by atoms with Crippen LogP contribution in [0.4, 0.5) is 0 Å². The molecule has 0 amide bonds. The zero-order valence-electron chi connectivity index (χ0n) is 40.4. The molecule has 0 spiro atoms. The molecule has 1 unspecified atom stereocenters. The van der Waals surface area contributed by atoms with Gasteiger partial charge < -0.3 is 14.2 Å². The predicted molar refractivity (Wildman–Crippen MR) is 261 cm³/mol. The maximum Gasteiger partial charge on any atom is 0.306 e. The predicted octanol–water partition coefficient (Wildman–Crippen LogP) is 17.1. The van der Waals surface area contributed by atoms with E-state index in [0.717, 1.165) is 57.8 Å². The summed E-state index contributed by atoms with van der Waals surface area (Å²) in [5, 5.41) is 0. The van der Waals surface area contributed by atoms with E-state index in [1.165, 1.54) is 161 Å². The molecular weight excluding hydrogens is 757 g/mol. The molecule has 0 fully saturated rings. The second kappa shape index (κ2) is 50.0. The number of allylic oxidation sites excluding steroid dienone is 8. The zero-order chi connectivity index (χ0) is 44.4. The van der Waals surface area contributed by atoms with Crippen LogP contribution in [0.25, 0.3) is 0 Å². The quantitative estimate of drug-likeness (QED) is 0.0199. The summed E-state index contributed by atoms with van der Waals surface area (Å²) < 4.78 is 16.7. The molecule has 0 heterocycles. The van der Waals surface area contributed by atoms with Crippen LogP contribution in [0.5, 0.6) is 0 Å². The van der Waals surface area contributed by atoms with Gasteiger partial charge >= 0.3 is 17.9 Å². The van der Waals surface area contributed by atoms with E-state index in [-0.39, 0.29) is 37.5 Å². The third-order valence-corrected chi connectivity index (χ3v) is 11.3. The van der Waals surface area contributed by atoms with Crippen LogP contribution >= 0.6 is 0 Å². The fourth-order valence-corrected chi connectivity index (χ4v) is 7.37. The normalized spacial score (nSPS) is 12.4. The summed E-state index contributed by atoms with van der Waals surface area (Å²) in [7, 11) is 0. The highest BCUT2D eigenvalue weighted by Crippen LogP contribution is 2.15. The number of carbonyl (C=O) groups excluding carboxylic acids is 3. The van der Waals surface area contributed by atoms with Gasteiger partial charge in [-0.2, -0.15) is 0 Å². The maximum atomic E-state index is 12.8. The molecule has 0 saturated heterocycles. The Morgan fingerprint density at radius 3 is 1.13 bits per heavy atom. The Labute approximate surface area is 378 Å². The topological polar surface area (TPSA) is 78.9 Å². The molecule has 0 bridgehead atoms. The average molecular weight is 855 g/mol. The Morgan fingerprint density at radius 2 is 0.672 bits per heavy atom. The zero-order valence-corrected chi connectivity index (χ0v) is 40.4. The first-order chi connectivity index (χ1) is 30.0. The Hall–Kier alpha value is -2.63. The molecule has 0 saturated carbocycles. The molecule has 0 aliphatic rings. The second-order valence-electron chi connectivity index (χ2n) is 17.5. The smallest absolute Gasteiger partial charge is 0.306 e. The molecule has 0 aliphatic carbocycles. The third kappa shape index (κ3) is 48.3. The van der Waals surface area contributed by atoms with Crippen LogP contribution in [-0.4, -0.2) is 37.2 Å². The summed E-state index contributed by atoms with van der Waals surface area (Å²) in [6, 6.07) is 0. The Bertz CT molecular complexity index is 1070. The lowest BCUT2D eigenvalue weighted by atomic mass is 10.0. The number of carbonyl (C=O) groups is 3. The van der Waals surface area contributed by atoms with E-state index < -0.39 is 6.10 Å². The van der Waals surface area contributed by atoms with Crippen molar-refractivity contribution in [2.24, 2.45) is 0 Å². The van der Waals surface area contributed by atoms with Gasteiger partial charge in [-0.05, 0) is 64.2 Å². The van der Waals surface area contributed by atoms with E-state index in [4.69, 9.17) is 14.2 Å². The van der Waals surface area contributed by atoms with Gasteiger partial charge in [0, 0.05) is 19.3 Å². The Kier molecular flexibility index (Phi) is 47.9. The van der Waals surface area contributed by atoms with E-state index in [1.54, 1.807) is 0 Å². The van der Waals surface area contributed by atoms with Crippen molar-refractivity contribution in [3.8, 4) is 0 Å². The molecule has 0 rings (SSSR count). The number of hydrogen-bond donors (Lipinski definition) is 0. The molecule has 6 heteroatoms. The lowest BCUT2D eigenvalue weighted by molar-refractivity contribution is -0.166. The summed E-state index contributed by atoms with van der Waals surface area (Å²) in [5.41, 5.74) is 0. The molecule has 1 atom stereocenters. The molecule has 0 N–H and O–H groups in total. The Morgan fingerprint density at radius 1 is 0.344 bits per heavy atom. The van der Waals surface area contributed by atoms with E-state index in [0.29, 0.717) is 19.3 Å². The molecule has 6 nitrogen and oxygen atoms in total. The summed E-state index contributed by atoms with van der Waals surface area (Å²) >= 11 is 0. The van der Waals surface area contributed by atoms with Crippen LogP contribution in [0.15, 0.2) is 48.6 Å². The number of unbranched alkanes of at least 4 members (excludes halogenated alkanes) is 29. The molecule has 0 aliphatic heterocycles. The summed E-state index contributed by atoms with van der Waals surface area (Å²) in [4.78, 5) is 37.9. The highest BCUT2D eigenvalue weighted by molar-refractivity contribution is 5.71. The minimum atomic E-state index is -0.797. The van der Waals surface area contributed by atoms with Gasteiger partial charge in [-0.3, -0.25) is 14.4 Å². The van der Waals surface area contributed by atoms with Crippen molar-refractivity contribution in [3.63, 3.8) is 0 Å². The minimum Gasteiger partial charge on any atom is -0.462 e. The number of hydrogen-bond acceptors (Lipinski definition) is 6. The van der Waals surface area contributed by atoms with Gasteiger partial charge in [-0.25, -0.2) is 0 Å². The van der Waals surface area contributed by atoms with Gasteiger partial charge in [0.1, 0.15) is 13.2 Å². The van der Waals surface area contributed by atoms with Crippen LogP contribution in [0.1, 0.15) is 265 Å². The molecule has 0 aromatic heterocycles. The van der Waals surface area contributed by atoms with Gasteiger partial charge in [0.15, 0.2) is 6.10 Å². The molecule has 354 valence electrons. The van der Waals surface area contributed by atoms with Crippen LogP contribution in [-0.2, 0) is 28.6 Å². The van der Waals surface area contributed by atoms with Crippen molar-refractivity contribution in [2.75, 3.05) is 13.2 Å². The largest absolute Gasteiger partial charge is 0.462 e. The van der Waals surface area contributed by atoms with Crippen molar-refractivity contribution < 1.29 is 28.6 Å². The molecular formula is C55H98O6. The lowest BCUT2D eigenvalue weighted by Gasteiger charge is -2.18. The van der Waals surface area contributed by atoms with Crippen molar-refractivity contribution in [1.82, 2.24) is 0 Å². The van der Waals surface area contributed by atoms with Gasteiger partial charge in [-0.1, -0.05) is 230 Å². The summed E-state index contributed by atoms with van der Waals surface area (Å²) in [6.45, 7) is 6.55. The number of rotatable bonds is 47. The number of esters is 3. The van der Waals surface area contributed by atoms with E-state index in [9.17, 15) is 14.4 Å². The molecule has 0 aromatic rings. The van der Waals surface area contributed by atoms with Gasteiger partial charge in [0.2, 0.25) is 0 Å². The lowest BCUT2D eigenvalue weighted by Crippen LogP contribution is -2.30. The monoisotopic (exact) mass is 855 g/mol. The maximum absolute atomic E-state index is 12.8. The van der Waals surface area contributed by atoms with Crippen LogP contribution < -0.4 is 0 Å². The third-order valence-electron chi connectivity index (χ3n) is 11.3. The fourth-order valence-electron chi connectivity index (χ4n) is 7.37. The first kappa shape index (κ1) is 58.4. The molecule has 0 radical (unpaired) electrons. The van der Waals surface area contributed by atoms with Crippen molar-refractivity contribution >= 4 is 17.9 Å². The van der Waals surface area contributed by atoms with Crippen molar-refractivity contribution in [1.29, 1.82) is 0 Å². The minimum absolute atomic E-state index is 0.0941. The van der Waals surface area contributed by atoms with Crippen molar-refractivity contribution in [2.45, 2.75) is 271 Å². The van der Waals surface area contributed by atoms with E-state index in [1.807, 2.05) is 6.08 Å². The highest BCUT2D eigenvalue weighted by atomic mass is 16.6. The van der Waals surface area contributed by atoms with Crippen LogP contribution in [0, 0.1) is 0 Å². The SMILES string of the molecule is CCCCC/C=C\C=C/CCCCCCCCC(=O)OCC(COC(=O)CC/C=C\C/C=C\CCCCCCCC)OC(=O)CCCCCCCCCCCCCCCCC. The van der Waals surface area contributed by atoms with Gasteiger partial charge in [0.25, 0.3) is 0 Å². The summed E-state index contributed by atoms with van der Waals surface area (Å²) in [5.74, 6) is -0.966. The number of ether oxygens (including phenoxy) is 3. The fraction of sp³-hybridized carbons (Fsp3) is 0.800. The second-order valence-corrected chi connectivity index (χ2v) is 17.5. The van der Waals surface area contributed by atoms with Crippen LogP contribution in [0.3, 0.4) is 0 Å². The standard InChI is InChI=1S/C55H98O6/c1-4-7-10-13-16-19-22-25-27-30-33-36-39-42-45-48-54(57)60-51-52(50-59-53(56)47-44-41-38-35-32-29-24-21-18-15-12-9-6-3)61-55(58)49-46-43-40-37-34-31-28-26-23-20-17-14-11-8-5-2/h16,19,22,25,29,32,38,41,52H,4-15,17-18,20-21,23-24,26-28,30-31,33-37,39-40,42-51H2,1-3H3/b19-16-,25-22-,32-29-,41-38-.